The van der Waals surface area contributed by atoms with Gasteiger partial charge in [-0.3, -0.25) is 9.59 Å². The Bertz CT molecular complexity index is 986. The Kier molecular flexibility index (Phi) is 10.9. The largest absolute Gasteiger partial charge is 0.353 e. The fourth-order valence-corrected chi connectivity index (χ4v) is 4.01. The minimum Gasteiger partial charge on any atom is -0.353 e. The van der Waals surface area contributed by atoms with Crippen LogP contribution in [0.1, 0.15) is 30.4 Å². The number of hydrogen-bond donors (Lipinski definition) is 3. The summed E-state index contributed by atoms with van der Waals surface area (Å²) < 4.78 is 41.9. The van der Waals surface area contributed by atoms with Gasteiger partial charge in [0.05, 0.1) is 26.7 Å². The van der Waals surface area contributed by atoms with E-state index in [0.29, 0.717) is 19.3 Å². The summed E-state index contributed by atoms with van der Waals surface area (Å²) >= 11 is 0. The Balaban J connectivity index is 2.06. The normalized spacial score (nSPS) is 13.3. The van der Waals surface area contributed by atoms with E-state index in [1.807, 2.05) is 30.3 Å². The summed E-state index contributed by atoms with van der Waals surface area (Å²) in [5.74, 6) is -5.14. The molecule has 2 aromatic carbocycles. The van der Waals surface area contributed by atoms with E-state index < -0.39 is 41.7 Å². The molecule has 0 heterocycles. The second kappa shape index (κ2) is 13.4. The number of Topliss-reactive ketones (excluding diaryl/α,β-unsaturated/α-hetero) is 1. The van der Waals surface area contributed by atoms with Crippen LogP contribution >= 0.6 is 0 Å². The maximum Gasteiger partial charge on any atom is 0.278 e. The molecule has 0 aliphatic heterocycles. The van der Waals surface area contributed by atoms with Crippen LogP contribution in [0.2, 0.25) is 0 Å². The van der Waals surface area contributed by atoms with Crippen molar-refractivity contribution < 1.29 is 38.7 Å². The van der Waals surface area contributed by atoms with Crippen molar-refractivity contribution in [1.82, 2.24) is 5.32 Å². The smallest absolute Gasteiger partial charge is 0.278 e. The first-order valence-electron chi connectivity index (χ1n) is 12.0. The molecular formula is C26H38F3N4O2+3. The van der Waals surface area contributed by atoms with Crippen molar-refractivity contribution in [3.05, 3.63) is 71.0 Å². The van der Waals surface area contributed by atoms with E-state index in [-0.39, 0.29) is 11.5 Å². The van der Waals surface area contributed by atoms with Crippen molar-refractivity contribution in [1.29, 1.82) is 0 Å². The Labute approximate surface area is 205 Å². The molecule has 0 aromatic heterocycles. The molecule has 192 valence electrons. The lowest BCUT2D eigenvalue weighted by molar-refractivity contribution is -0.895. The van der Waals surface area contributed by atoms with Crippen molar-refractivity contribution >= 4 is 11.7 Å². The predicted molar refractivity (Wildman–Crippen MR) is 127 cm³/mol. The molecule has 6 nitrogen and oxygen atoms in total. The van der Waals surface area contributed by atoms with Crippen molar-refractivity contribution in [3.8, 4) is 0 Å². The molecule has 7 N–H and O–H groups in total. The van der Waals surface area contributed by atoms with Gasteiger partial charge in [-0.25, -0.2) is 13.2 Å². The predicted octanol–water partition coefficient (Wildman–Crippen LogP) is 1.04. The summed E-state index contributed by atoms with van der Waals surface area (Å²) in [5, 5.41) is 2.77. The van der Waals surface area contributed by atoms with Gasteiger partial charge in [-0.15, -0.1) is 0 Å². The summed E-state index contributed by atoms with van der Waals surface area (Å²) in [6.45, 7) is 2.64. The molecule has 0 radical (unpaired) electrons. The average Bonchev–Trinajstić information content (AvgIpc) is 2.82. The number of hydrogen-bond acceptors (Lipinski definition) is 2. The van der Waals surface area contributed by atoms with Crippen molar-refractivity contribution in [2.24, 2.45) is 0 Å². The third kappa shape index (κ3) is 9.08. The lowest BCUT2D eigenvalue weighted by Gasteiger charge is -2.28. The van der Waals surface area contributed by atoms with E-state index in [1.54, 1.807) is 0 Å². The molecule has 0 saturated heterocycles. The monoisotopic (exact) mass is 495 g/mol. The standard InChI is InChI=1S/C26H35F3N4O2/c1-33(2,16-14-30)15-6-9-21(31)26(35)32-22(13-10-18-7-4-3-5-8-18)23(34)17-19-11-12-20(27)25(29)24(19)28/h3-5,7-8,11-12,21-22H,6,9-10,13-17,30-31H2,1-2H3/p+3/t21-,22+/m0/s1. The molecule has 0 spiro atoms. The van der Waals surface area contributed by atoms with Gasteiger partial charge in [-0.2, -0.15) is 0 Å². The number of likely N-dealkylation sites (N-methyl/N-ethyl adjacent to an activating group) is 1. The summed E-state index contributed by atoms with van der Waals surface area (Å²) in [4.78, 5) is 25.9. The summed E-state index contributed by atoms with van der Waals surface area (Å²) in [6.07, 6.45) is 1.69. The fourth-order valence-electron chi connectivity index (χ4n) is 4.01. The first-order chi connectivity index (χ1) is 16.5. The first kappa shape index (κ1) is 28.5. The molecule has 2 aromatic rings. The van der Waals surface area contributed by atoms with Crippen LogP contribution in [0.3, 0.4) is 0 Å². The fraction of sp³-hybridized carbons (Fsp3) is 0.462. The van der Waals surface area contributed by atoms with E-state index >= 15 is 0 Å². The van der Waals surface area contributed by atoms with Gasteiger partial charge in [0.15, 0.2) is 29.3 Å². The highest BCUT2D eigenvalue weighted by atomic mass is 19.2. The van der Waals surface area contributed by atoms with Gasteiger partial charge in [0.25, 0.3) is 5.91 Å². The lowest BCUT2D eigenvalue weighted by atomic mass is 9.97. The molecule has 0 bridgehead atoms. The number of halogens is 3. The second-order valence-electron chi connectivity index (χ2n) is 9.64. The zero-order chi connectivity index (χ0) is 26.0. The summed E-state index contributed by atoms with van der Waals surface area (Å²) in [5.41, 5.74) is 8.58. The molecule has 0 aliphatic rings. The number of amides is 1. The van der Waals surface area contributed by atoms with Crippen LogP contribution in [0, 0.1) is 17.5 Å². The van der Waals surface area contributed by atoms with Gasteiger partial charge in [0.1, 0.15) is 13.1 Å². The van der Waals surface area contributed by atoms with Crippen LogP contribution in [-0.2, 0) is 22.4 Å². The molecule has 0 unspecified atom stereocenters. The minimum absolute atomic E-state index is 0.246. The quantitative estimate of drug-likeness (QED) is 0.270. The SMILES string of the molecule is C[N+](C)(CC[NH3+])CCC[C@H]([NH3+])C(=O)N[C@H](CCc1ccccc1)C(=O)Cc1ccc(F)c(F)c1F. The molecule has 9 heteroatoms. The molecule has 0 saturated carbocycles. The number of rotatable bonds is 14. The molecular weight excluding hydrogens is 457 g/mol. The highest BCUT2D eigenvalue weighted by Gasteiger charge is 2.27. The van der Waals surface area contributed by atoms with Gasteiger partial charge >= 0.3 is 0 Å². The maximum absolute atomic E-state index is 14.1. The highest BCUT2D eigenvalue weighted by Crippen LogP contribution is 2.17. The number of nitrogens with zero attached hydrogens (tertiary/aromatic N) is 1. The van der Waals surface area contributed by atoms with Crippen molar-refractivity contribution in [3.63, 3.8) is 0 Å². The van der Waals surface area contributed by atoms with Gasteiger partial charge in [-0.05, 0) is 30.0 Å². The van der Waals surface area contributed by atoms with Crippen molar-refractivity contribution in [2.75, 3.05) is 33.7 Å². The number of benzene rings is 2. The van der Waals surface area contributed by atoms with Crippen LogP contribution in [0.5, 0.6) is 0 Å². The topological polar surface area (TPSA) is 101 Å². The molecule has 35 heavy (non-hydrogen) atoms. The van der Waals surface area contributed by atoms with Crippen LogP contribution in [0.25, 0.3) is 0 Å². The molecule has 1 amide bonds. The van der Waals surface area contributed by atoms with Crippen LogP contribution in [0.4, 0.5) is 13.2 Å². The molecule has 0 aliphatic carbocycles. The molecule has 0 fully saturated rings. The van der Waals surface area contributed by atoms with E-state index in [9.17, 15) is 22.8 Å². The zero-order valence-corrected chi connectivity index (χ0v) is 20.7. The van der Waals surface area contributed by atoms with Crippen LogP contribution < -0.4 is 16.8 Å². The maximum atomic E-state index is 14.1. The summed E-state index contributed by atoms with van der Waals surface area (Å²) in [7, 11) is 4.22. The van der Waals surface area contributed by atoms with Gasteiger partial charge < -0.3 is 21.3 Å². The van der Waals surface area contributed by atoms with Gasteiger partial charge in [-0.1, -0.05) is 36.4 Å². The Morgan fingerprint density at radius 1 is 0.971 bits per heavy atom. The second-order valence-corrected chi connectivity index (χ2v) is 9.64. The minimum atomic E-state index is -1.61. The van der Waals surface area contributed by atoms with Crippen LogP contribution in [-0.4, -0.2) is 62.0 Å². The van der Waals surface area contributed by atoms with E-state index in [0.717, 1.165) is 48.2 Å². The number of carbonyl (C=O) groups is 2. The Morgan fingerprint density at radius 2 is 1.66 bits per heavy atom. The number of ketones is 1. The van der Waals surface area contributed by atoms with E-state index in [2.05, 4.69) is 30.9 Å². The molecule has 2 rings (SSSR count). The average molecular weight is 496 g/mol. The number of nitrogens with one attached hydrogen (secondary N) is 1. The van der Waals surface area contributed by atoms with Crippen molar-refractivity contribution in [2.45, 2.75) is 44.2 Å². The number of carbonyl (C=O) groups excluding carboxylic acids is 2. The van der Waals surface area contributed by atoms with Crippen LogP contribution in [0.15, 0.2) is 42.5 Å². The Morgan fingerprint density at radius 3 is 2.31 bits per heavy atom. The number of aryl methyl sites for hydroxylation is 1. The van der Waals surface area contributed by atoms with E-state index in [4.69, 9.17) is 0 Å². The van der Waals surface area contributed by atoms with E-state index in [1.165, 1.54) is 0 Å². The third-order valence-electron chi connectivity index (χ3n) is 6.20. The third-order valence-corrected chi connectivity index (χ3v) is 6.20. The Hall–Kier alpha value is -2.75. The number of quaternary nitrogens is 3. The first-order valence-corrected chi connectivity index (χ1v) is 12.0. The molecule has 2 atom stereocenters. The zero-order valence-electron chi connectivity index (χ0n) is 20.7. The highest BCUT2D eigenvalue weighted by molar-refractivity contribution is 5.91. The van der Waals surface area contributed by atoms with Gasteiger partial charge in [0, 0.05) is 19.3 Å². The summed E-state index contributed by atoms with van der Waals surface area (Å²) in [6, 6.07) is 9.84. The lowest BCUT2D eigenvalue weighted by Crippen LogP contribution is -2.68. The van der Waals surface area contributed by atoms with Gasteiger partial charge in [0.2, 0.25) is 0 Å².